The molecule has 2 aromatic rings. The van der Waals surface area contributed by atoms with Gasteiger partial charge in [0.25, 0.3) is 5.91 Å². The topological polar surface area (TPSA) is 94.1 Å². The fraction of sp³-hybridized carbons (Fsp3) is 0.429. The normalized spacial score (nSPS) is 11.6. The molecule has 0 aliphatic heterocycles. The van der Waals surface area contributed by atoms with Crippen molar-refractivity contribution < 1.29 is 28.0 Å². The molecule has 0 unspecified atom stereocenters. The number of nitrogens with one attached hydrogen (secondary N) is 1. The molecule has 0 saturated carbocycles. The molecule has 0 aliphatic rings. The Kier molecular flexibility index (Phi) is 8.78. The third kappa shape index (κ3) is 5.86. The van der Waals surface area contributed by atoms with Gasteiger partial charge in [0.15, 0.2) is 0 Å². The summed E-state index contributed by atoms with van der Waals surface area (Å²) in [6, 6.07) is 11.0. The van der Waals surface area contributed by atoms with Crippen LogP contribution < -0.4 is 5.32 Å². The fourth-order valence-corrected chi connectivity index (χ4v) is 5.91. The number of aromatic carboxylic acids is 1. The molecule has 0 radical (unpaired) electrons. The maximum atomic E-state index is 12.7. The van der Waals surface area contributed by atoms with Crippen molar-refractivity contribution in [1.82, 2.24) is 5.32 Å². The summed E-state index contributed by atoms with van der Waals surface area (Å²) < 4.78 is 17.4. The van der Waals surface area contributed by atoms with Crippen LogP contribution in [0.25, 0.3) is 10.8 Å². The number of benzene rings is 2. The van der Waals surface area contributed by atoms with Gasteiger partial charge in [0.2, 0.25) is 0 Å². The quantitative estimate of drug-likeness (QED) is 0.402. The first kappa shape index (κ1) is 23.0. The third-order valence-electron chi connectivity index (χ3n) is 4.43. The number of hydrogen-bond acceptors (Lipinski definition) is 5. The number of amides is 1. The maximum Gasteiger partial charge on any atom is 0.500 e. The van der Waals surface area contributed by atoms with Gasteiger partial charge in [-0.15, -0.1) is 0 Å². The van der Waals surface area contributed by atoms with Gasteiger partial charge in [-0.2, -0.15) is 0 Å². The van der Waals surface area contributed by atoms with Crippen LogP contribution in [0.2, 0.25) is 6.04 Å². The largest absolute Gasteiger partial charge is 0.500 e. The summed E-state index contributed by atoms with van der Waals surface area (Å²) in [5.41, 5.74) is 0.168. The molecule has 0 spiro atoms. The van der Waals surface area contributed by atoms with Crippen LogP contribution in [0.15, 0.2) is 36.4 Å². The molecule has 0 atom stereocenters. The van der Waals surface area contributed by atoms with E-state index in [0.29, 0.717) is 44.2 Å². The van der Waals surface area contributed by atoms with Crippen molar-refractivity contribution in [1.29, 1.82) is 0 Å². The molecule has 7 nitrogen and oxygen atoms in total. The summed E-state index contributed by atoms with van der Waals surface area (Å²) in [7, 11) is -2.76. The Morgan fingerprint density at radius 1 is 0.966 bits per heavy atom. The number of hydrogen-bond donors (Lipinski definition) is 2. The second-order valence-electron chi connectivity index (χ2n) is 6.36. The Balaban J connectivity index is 2.07. The molecule has 0 aromatic heterocycles. The Hall–Kier alpha value is -2.26. The van der Waals surface area contributed by atoms with E-state index in [1.165, 1.54) is 0 Å². The van der Waals surface area contributed by atoms with Crippen LogP contribution in [-0.2, 0) is 13.3 Å². The van der Waals surface area contributed by atoms with Crippen LogP contribution >= 0.6 is 0 Å². The lowest BCUT2D eigenvalue weighted by Crippen LogP contribution is -2.46. The SMILES string of the molecule is CCO[Si](CCCNC(=O)c1ccc2ccccc2c1C(=O)O)(OCC)OCC. The zero-order valence-electron chi connectivity index (χ0n) is 17.2. The zero-order chi connectivity index (χ0) is 21.3. The van der Waals surface area contributed by atoms with Gasteiger partial charge < -0.3 is 23.7 Å². The smallest absolute Gasteiger partial charge is 0.478 e. The number of carboxylic acid groups (broad SMARTS) is 1. The number of fused-ring (bicyclic) bond motifs is 1. The van der Waals surface area contributed by atoms with Gasteiger partial charge >= 0.3 is 14.8 Å². The minimum atomic E-state index is -2.76. The summed E-state index contributed by atoms with van der Waals surface area (Å²) in [5.74, 6) is -1.54. The Labute approximate surface area is 172 Å². The first-order valence-electron chi connectivity index (χ1n) is 9.93. The van der Waals surface area contributed by atoms with Gasteiger partial charge in [-0.25, -0.2) is 4.79 Å². The van der Waals surface area contributed by atoms with E-state index >= 15 is 0 Å². The maximum absolute atomic E-state index is 12.7. The summed E-state index contributed by atoms with van der Waals surface area (Å²) in [6.45, 7) is 7.55. The molecule has 2 rings (SSSR count). The van der Waals surface area contributed by atoms with E-state index < -0.39 is 20.7 Å². The standard InChI is InChI=1S/C21H29NO6Si/c1-4-26-29(27-5-2,28-6-3)15-9-14-22-20(23)18-13-12-16-10-7-8-11-17(16)19(18)21(24)25/h7-8,10-13H,4-6,9,14-15H2,1-3H3,(H,22,23)(H,24,25). The first-order chi connectivity index (χ1) is 14.0. The summed E-state index contributed by atoms with van der Waals surface area (Å²) in [4.78, 5) is 24.5. The van der Waals surface area contributed by atoms with E-state index in [0.717, 1.165) is 5.39 Å². The highest BCUT2D eigenvalue weighted by Gasteiger charge is 2.39. The summed E-state index contributed by atoms with van der Waals surface area (Å²) >= 11 is 0. The third-order valence-corrected chi connectivity index (χ3v) is 7.58. The summed E-state index contributed by atoms with van der Waals surface area (Å²) in [6.07, 6.45) is 0.605. The van der Waals surface area contributed by atoms with Crippen molar-refractivity contribution in [3.05, 3.63) is 47.5 Å². The second-order valence-corrected chi connectivity index (χ2v) is 9.09. The molecule has 1 amide bonds. The van der Waals surface area contributed by atoms with Gasteiger partial charge in [0.1, 0.15) is 0 Å². The lowest BCUT2D eigenvalue weighted by Gasteiger charge is -2.28. The van der Waals surface area contributed by atoms with Gasteiger partial charge in [0.05, 0.1) is 11.1 Å². The molecule has 0 bridgehead atoms. The van der Waals surface area contributed by atoms with E-state index in [4.69, 9.17) is 13.3 Å². The van der Waals surface area contributed by atoms with Crippen molar-refractivity contribution in [3.63, 3.8) is 0 Å². The molecule has 0 heterocycles. The lowest BCUT2D eigenvalue weighted by atomic mass is 9.98. The summed E-state index contributed by atoms with van der Waals surface area (Å²) in [5, 5.41) is 13.8. The lowest BCUT2D eigenvalue weighted by molar-refractivity contribution is 0.0692. The molecule has 0 fully saturated rings. The molecule has 158 valence electrons. The van der Waals surface area contributed by atoms with Gasteiger partial charge in [-0.3, -0.25) is 4.79 Å². The molecule has 0 aliphatic carbocycles. The highest BCUT2D eigenvalue weighted by Crippen LogP contribution is 2.23. The molecule has 2 N–H and O–H groups in total. The predicted octanol–water partition coefficient (Wildman–Crippen LogP) is 3.71. The van der Waals surface area contributed by atoms with Gasteiger partial charge in [-0.05, 0) is 44.0 Å². The van der Waals surface area contributed by atoms with Crippen LogP contribution in [-0.4, -0.2) is 52.2 Å². The number of rotatable bonds is 12. The highest BCUT2D eigenvalue weighted by molar-refractivity contribution is 6.60. The van der Waals surface area contributed by atoms with Gasteiger partial charge in [-0.1, -0.05) is 30.3 Å². The Bertz CT molecular complexity index is 824. The van der Waals surface area contributed by atoms with Crippen LogP contribution in [0.5, 0.6) is 0 Å². The van der Waals surface area contributed by atoms with Crippen molar-refractivity contribution in [2.45, 2.75) is 33.2 Å². The van der Waals surface area contributed by atoms with Crippen LogP contribution in [0.3, 0.4) is 0 Å². The van der Waals surface area contributed by atoms with E-state index in [1.54, 1.807) is 24.3 Å². The van der Waals surface area contributed by atoms with Crippen LogP contribution in [0, 0.1) is 0 Å². The molecule has 2 aromatic carbocycles. The van der Waals surface area contributed by atoms with E-state index in [2.05, 4.69) is 5.32 Å². The Morgan fingerprint density at radius 2 is 1.59 bits per heavy atom. The van der Waals surface area contributed by atoms with Crippen molar-refractivity contribution in [3.8, 4) is 0 Å². The monoisotopic (exact) mass is 419 g/mol. The minimum absolute atomic E-state index is 0.0160. The first-order valence-corrected chi connectivity index (χ1v) is 11.9. The average molecular weight is 420 g/mol. The minimum Gasteiger partial charge on any atom is -0.478 e. The van der Waals surface area contributed by atoms with E-state index in [1.807, 2.05) is 32.9 Å². The van der Waals surface area contributed by atoms with Crippen LogP contribution in [0.1, 0.15) is 47.9 Å². The van der Waals surface area contributed by atoms with Crippen molar-refractivity contribution in [2.75, 3.05) is 26.4 Å². The molecular weight excluding hydrogens is 390 g/mol. The number of carboxylic acids is 1. The number of carbonyl (C=O) groups is 2. The van der Waals surface area contributed by atoms with Crippen LogP contribution in [0.4, 0.5) is 0 Å². The van der Waals surface area contributed by atoms with Crippen molar-refractivity contribution >= 4 is 31.5 Å². The highest BCUT2D eigenvalue weighted by atomic mass is 28.4. The molecule has 8 heteroatoms. The average Bonchev–Trinajstić information content (AvgIpc) is 2.70. The molecular formula is C21H29NO6Si. The zero-order valence-corrected chi connectivity index (χ0v) is 18.2. The Morgan fingerprint density at radius 3 is 2.17 bits per heavy atom. The van der Waals surface area contributed by atoms with Gasteiger partial charge in [0, 0.05) is 32.4 Å². The van der Waals surface area contributed by atoms with Crippen molar-refractivity contribution in [2.24, 2.45) is 0 Å². The predicted molar refractivity (Wildman–Crippen MR) is 113 cm³/mol. The number of carbonyl (C=O) groups excluding carboxylic acids is 1. The molecule has 0 saturated heterocycles. The fourth-order valence-electron chi connectivity index (χ4n) is 3.29. The second kappa shape index (κ2) is 11.1. The van der Waals surface area contributed by atoms with E-state index in [-0.39, 0.29) is 11.1 Å². The van der Waals surface area contributed by atoms with E-state index in [9.17, 15) is 14.7 Å². The molecule has 29 heavy (non-hydrogen) atoms.